The fourth-order valence-electron chi connectivity index (χ4n) is 2.75. The number of hydrogen-bond donors (Lipinski definition) is 0. The van der Waals surface area contributed by atoms with Gasteiger partial charge in [-0.2, -0.15) is 0 Å². The molecule has 0 aromatic heterocycles. The standard InChI is InChI=1S/C18H20O4/c1-4-20-16-10-18-17(21-11-22-18)9-14(16)12(2)13-7-5-6-8-15(13)19-3/h5-10,12H,4,11H2,1-3H3/t12-/m1/s1. The maximum absolute atomic E-state index is 5.80. The van der Waals surface area contributed by atoms with Gasteiger partial charge in [0, 0.05) is 23.1 Å². The van der Waals surface area contributed by atoms with Crippen LogP contribution in [0.25, 0.3) is 0 Å². The van der Waals surface area contributed by atoms with Gasteiger partial charge in [-0.05, 0) is 19.1 Å². The second kappa shape index (κ2) is 6.18. The number of benzene rings is 2. The summed E-state index contributed by atoms with van der Waals surface area (Å²) in [6, 6.07) is 11.9. The van der Waals surface area contributed by atoms with Gasteiger partial charge in [0.05, 0.1) is 13.7 Å². The zero-order valence-electron chi connectivity index (χ0n) is 13.1. The van der Waals surface area contributed by atoms with Crippen molar-refractivity contribution in [1.82, 2.24) is 0 Å². The molecule has 0 saturated carbocycles. The van der Waals surface area contributed by atoms with Gasteiger partial charge in [-0.1, -0.05) is 25.1 Å². The molecule has 22 heavy (non-hydrogen) atoms. The summed E-state index contributed by atoms with van der Waals surface area (Å²) in [7, 11) is 1.69. The molecule has 3 rings (SSSR count). The van der Waals surface area contributed by atoms with Crippen molar-refractivity contribution in [2.75, 3.05) is 20.5 Å². The highest BCUT2D eigenvalue weighted by atomic mass is 16.7. The van der Waals surface area contributed by atoms with Crippen molar-refractivity contribution in [3.63, 3.8) is 0 Å². The Bertz CT molecular complexity index is 666. The summed E-state index contributed by atoms with van der Waals surface area (Å²) in [6.45, 7) is 4.97. The lowest BCUT2D eigenvalue weighted by atomic mass is 9.91. The summed E-state index contributed by atoms with van der Waals surface area (Å²) in [6.07, 6.45) is 0. The van der Waals surface area contributed by atoms with Crippen molar-refractivity contribution in [3.8, 4) is 23.0 Å². The third-order valence-electron chi connectivity index (χ3n) is 3.88. The van der Waals surface area contributed by atoms with Crippen molar-refractivity contribution in [3.05, 3.63) is 47.5 Å². The average Bonchev–Trinajstić information content (AvgIpc) is 3.01. The fraction of sp³-hybridized carbons (Fsp3) is 0.333. The van der Waals surface area contributed by atoms with Crippen molar-refractivity contribution in [2.45, 2.75) is 19.8 Å². The Morgan fingerprint density at radius 2 is 1.77 bits per heavy atom. The lowest BCUT2D eigenvalue weighted by Gasteiger charge is -2.19. The van der Waals surface area contributed by atoms with E-state index in [1.807, 2.05) is 37.3 Å². The second-order valence-electron chi connectivity index (χ2n) is 5.14. The first-order chi connectivity index (χ1) is 10.7. The van der Waals surface area contributed by atoms with Gasteiger partial charge in [0.25, 0.3) is 0 Å². The number of ether oxygens (including phenoxy) is 4. The first kappa shape index (κ1) is 14.6. The van der Waals surface area contributed by atoms with Crippen molar-refractivity contribution in [1.29, 1.82) is 0 Å². The van der Waals surface area contributed by atoms with Crippen molar-refractivity contribution in [2.24, 2.45) is 0 Å². The van der Waals surface area contributed by atoms with Crippen molar-refractivity contribution < 1.29 is 18.9 Å². The summed E-state index contributed by atoms with van der Waals surface area (Å²) in [5.74, 6) is 3.31. The summed E-state index contributed by atoms with van der Waals surface area (Å²) in [5, 5.41) is 0. The monoisotopic (exact) mass is 300 g/mol. The topological polar surface area (TPSA) is 36.9 Å². The molecule has 0 aliphatic carbocycles. The highest BCUT2D eigenvalue weighted by Gasteiger charge is 2.23. The third kappa shape index (κ3) is 2.56. The Kier molecular flexibility index (Phi) is 4.09. The molecular formula is C18H20O4. The molecule has 2 aromatic carbocycles. The molecule has 0 spiro atoms. The largest absolute Gasteiger partial charge is 0.496 e. The highest BCUT2D eigenvalue weighted by Crippen LogP contribution is 2.43. The van der Waals surface area contributed by atoms with Crippen LogP contribution in [0.3, 0.4) is 0 Å². The van der Waals surface area contributed by atoms with Crippen LogP contribution in [0.1, 0.15) is 30.9 Å². The number of methoxy groups -OCH3 is 1. The van der Waals surface area contributed by atoms with Crippen LogP contribution in [0.5, 0.6) is 23.0 Å². The lowest BCUT2D eigenvalue weighted by molar-refractivity contribution is 0.173. The molecule has 0 saturated heterocycles. The first-order valence-corrected chi connectivity index (χ1v) is 7.43. The zero-order chi connectivity index (χ0) is 15.5. The fourth-order valence-corrected chi connectivity index (χ4v) is 2.75. The van der Waals surface area contributed by atoms with Crippen molar-refractivity contribution >= 4 is 0 Å². The quantitative estimate of drug-likeness (QED) is 0.837. The summed E-state index contributed by atoms with van der Waals surface area (Å²) < 4.78 is 22.2. The second-order valence-corrected chi connectivity index (χ2v) is 5.14. The Balaban J connectivity index is 2.06. The first-order valence-electron chi connectivity index (χ1n) is 7.43. The Labute approximate surface area is 130 Å². The molecule has 0 fully saturated rings. The van der Waals surface area contributed by atoms with Crippen LogP contribution in [0.15, 0.2) is 36.4 Å². The molecule has 2 aromatic rings. The zero-order valence-corrected chi connectivity index (χ0v) is 13.1. The summed E-state index contributed by atoms with van der Waals surface area (Å²) in [5.41, 5.74) is 2.18. The van der Waals surface area contributed by atoms with Crippen LogP contribution >= 0.6 is 0 Å². The van der Waals surface area contributed by atoms with Gasteiger partial charge >= 0.3 is 0 Å². The summed E-state index contributed by atoms with van der Waals surface area (Å²) in [4.78, 5) is 0. The van der Waals surface area contributed by atoms with E-state index in [0.717, 1.165) is 34.1 Å². The molecule has 4 nitrogen and oxygen atoms in total. The van der Waals surface area contributed by atoms with Crippen LogP contribution in [-0.2, 0) is 0 Å². The smallest absolute Gasteiger partial charge is 0.231 e. The van der Waals surface area contributed by atoms with Gasteiger partial charge in [-0.3, -0.25) is 0 Å². The predicted molar refractivity (Wildman–Crippen MR) is 84.2 cm³/mol. The number of para-hydroxylation sites is 1. The lowest BCUT2D eigenvalue weighted by Crippen LogP contribution is -2.03. The highest BCUT2D eigenvalue weighted by molar-refractivity contribution is 5.55. The van der Waals surface area contributed by atoms with E-state index < -0.39 is 0 Å². The average molecular weight is 300 g/mol. The minimum absolute atomic E-state index is 0.118. The number of hydrogen-bond acceptors (Lipinski definition) is 4. The molecule has 1 aliphatic heterocycles. The molecule has 0 unspecified atom stereocenters. The van der Waals surface area contributed by atoms with E-state index in [9.17, 15) is 0 Å². The minimum Gasteiger partial charge on any atom is -0.496 e. The number of fused-ring (bicyclic) bond motifs is 1. The molecular weight excluding hydrogens is 280 g/mol. The predicted octanol–water partition coefficient (Wildman–Crippen LogP) is 3.97. The van der Waals surface area contributed by atoms with Gasteiger partial charge in [0.2, 0.25) is 6.79 Å². The minimum atomic E-state index is 0.118. The van der Waals surface area contributed by atoms with Crippen LogP contribution in [-0.4, -0.2) is 20.5 Å². The van der Waals surface area contributed by atoms with Crippen LogP contribution < -0.4 is 18.9 Å². The maximum atomic E-state index is 5.80. The van der Waals surface area contributed by atoms with E-state index in [1.54, 1.807) is 7.11 Å². The van der Waals surface area contributed by atoms with E-state index in [1.165, 1.54) is 0 Å². The molecule has 0 N–H and O–H groups in total. The van der Waals surface area contributed by atoms with Crippen LogP contribution in [0, 0.1) is 0 Å². The molecule has 1 aliphatic rings. The van der Waals surface area contributed by atoms with Crippen LogP contribution in [0.2, 0.25) is 0 Å². The molecule has 116 valence electrons. The van der Waals surface area contributed by atoms with Gasteiger partial charge in [-0.15, -0.1) is 0 Å². The van der Waals surface area contributed by atoms with Crippen LogP contribution in [0.4, 0.5) is 0 Å². The van der Waals surface area contributed by atoms with E-state index >= 15 is 0 Å². The molecule has 1 heterocycles. The van der Waals surface area contributed by atoms with Gasteiger partial charge in [-0.25, -0.2) is 0 Å². The van der Waals surface area contributed by atoms with Gasteiger partial charge in [0.15, 0.2) is 11.5 Å². The van der Waals surface area contributed by atoms with Gasteiger partial charge < -0.3 is 18.9 Å². The molecule has 0 radical (unpaired) electrons. The van der Waals surface area contributed by atoms with E-state index in [-0.39, 0.29) is 12.7 Å². The van der Waals surface area contributed by atoms with E-state index in [2.05, 4.69) is 13.0 Å². The van der Waals surface area contributed by atoms with E-state index in [4.69, 9.17) is 18.9 Å². The Morgan fingerprint density at radius 1 is 1.05 bits per heavy atom. The Hall–Kier alpha value is -2.36. The Morgan fingerprint density at radius 3 is 2.50 bits per heavy atom. The summed E-state index contributed by atoms with van der Waals surface area (Å²) >= 11 is 0. The third-order valence-corrected chi connectivity index (χ3v) is 3.88. The normalized spacial score (nSPS) is 13.8. The molecule has 0 amide bonds. The van der Waals surface area contributed by atoms with Gasteiger partial charge in [0.1, 0.15) is 11.5 Å². The molecule has 0 bridgehead atoms. The molecule has 4 heteroatoms. The van der Waals surface area contributed by atoms with E-state index in [0.29, 0.717) is 6.61 Å². The maximum Gasteiger partial charge on any atom is 0.231 e. The SMILES string of the molecule is CCOc1cc2c(cc1[C@H](C)c1ccccc1OC)OCO2. The number of rotatable bonds is 5. The molecule has 1 atom stereocenters.